The molecule has 0 unspecified atom stereocenters. The van der Waals surface area contributed by atoms with Crippen molar-refractivity contribution in [2.45, 2.75) is 51.7 Å². The van der Waals surface area contributed by atoms with E-state index in [1.54, 1.807) is 11.3 Å². The number of nitrogens with one attached hydrogen (secondary N) is 1. The average molecular weight is 331 g/mol. The van der Waals surface area contributed by atoms with Gasteiger partial charge in [-0.2, -0.15) is 0 Å². The summed E-state index contributed by atoms with van der Waals surface area (Å²) >= 11 is 1.80. The van der Waals surface area contributed by atoms with Gasteiger partial charge in [0.2, 0.25) is 0 Å². The SMILES string of the molecule is CC[C@@H]1c2ccsc2CCN1C(=O)NCc1nnc2n1CCC2. The second-order valence-corrected chi connectivity index (χ2v) is 7.11. The Morgan fingerprint density at radius 3 is 3.17 bits per heavy atom. The van der Waals surface area contributed by atoms with Crippen molar-refractivity contribution in [1.82, 2.24) is 25.0 Å². The lowest BCUT2D eigenvalue weighted by atomic mass is 9.98. The van der Waals surface area contributed by atoms with Crippen LogP contribution in [0.2, 0.25) is 0 Å². The van der Waals surface area contributed by atoms with E-state index in [1.807, 2.05) is 4.90 Å². The van der Waals surface area contributed by atoms with E-state index in [-0.39, 0.29) is 12.1 Å². The molecular weight excluding hydrogens is 310 g/mol. The number of rotatable bonds is 3. The van der Waals surface area contributed by atoms with Gasteiger partial charge in [-0.05, 0) is 36.3 Å². The highest BCUT2D eigenvalue weighted by Gasteiger charge is 2.30. The predicted molar refractivity (Wildman–Crippen MR) is 88.3 cm³/mol. The van der Waals surface area contributed by atoms with Crippen molar-refractivity contribution in [3.8, 4) is 0 Å². The Bertz CT molecular complexity index is 722. The van der Waals surface area contributed by atoms with E-state index in [1.165, 1.54) is 10.4 Å². The Kier molecular flexibility index (Phi) is 3.80. The number of thiophene rings is 1. The zero-order chi connectivity index (χ0) is 15.8. The molecule has 0 saturated carbocycles. The Hall–Kier alpha value is -1.89. The Labute approximate surface area is 139 Å². The lowest BCUT2D eigenvalue weighted by Gasteiger charge is -2.35. The highest BCUT2D eigenvalue weighted by atomic mass is 32.1. The first-order valence-corrected chi connectivity index (χ1v) is 9.17. The van der Waals surface area contributed by atoms with Crippen molar-refractivity contribution in [1.29, 1.82) is 0 Å². The van der Waals surface area contributed by atoms with E-state index in [0.717, 1.165) is 50.4 Å². The number of fused-ring (bicyclic) bond motifs is 2. The van der Waals surface area contributed by atoms with Crippen LogP contribution in [-0.2, 0) is 25.9 Å². The standard InChI is InChI=1S/C16H21N5OS/c1-2-12-11-6-9-23-13(11)5-8-20(12)16(22)17-10-15-19-18-14-4-3-7-21(14)15/h6,9,12H,2-5,7-8,10H2,1H3,(H,17,22)/t12-/m1/s1. The maximum atomic E-state index is 12.7. The van der Waals surface area contributed by atoms with Crippen molar-refractivity contribution in [3.63, 3.8) is 0 Å². The third-order valence-corrected chi connectivity index (χ3v) is 5.82. The molecule has 2 aromatic heterocycles. The van der Waals surface area contributed by atoms with Crippen LogP contribution in [0.4, 0.5) is 4.79 Å². The van der Waals surface area contributed by atoms with Gasteiger partial charge in [0.1, 0.15) is 5.82 Å². The number of amides is 2. The van der Waals surface area contributed by atoms with Crippen LogP contribution in [0.25, 0.3) is 0 Å². The van der Waals surface area contributed by atoms with Crippen LogP contribution < -0.4 is 5.32 Å². The second-order valence-electron chi connectivity index (χ2n) is 6.11. The molecule has 2 amide bonds. The number of carbonyl (C=O) groups excluding carboxylic acids is 1. The summed E-state index contributed by atoms with van der Waals surface area (Å²) in [7, 11) is 0. The third-order valence-electron chi connectivity index (χ3n) is 4.83. The van der Waals surface area contributed by atoms with Gasteiger partial charge in [0.15, 0.2) is 5.82 Å². The number of aromatic nitrogens is 3. The molecule has 23 heavy (non-hydrogen) atoms. The van der Waals surface area contributed by atoms with Crippen LogP contribution in [0.3, 0.4) is 0 Å². The van der Waals surface area contributed by atoms with Gasteiger partial charge in [0, 0.05) is 24.4 Å². The minimum Gasteiger partial charge on any atom is -0.331 e. The summed E-state index contributed by atoms with van der Waals surface area (Å²) in [5.41, 5.74) is 1.32. The summed E-state index contributed by atoms with van der Waals surface area (Å²) < 4.78 is 2.13. The highest BCUT2D eigenvalue weighted by Crippen LogP contribution is 2.35. The number of hydrogen-bond donors (Lipinski definition) is 1. The summed E-state index contributed by atoms with van der Waals surface area (Å²) in [5.74, 6) is 1.91. The van der Waals surface area contributed by atoms with Gasteiger partial charge in [-0.1, -0.05) is 6.92 Å². The van der Waals surface area contributed by atoms with Crippen molar-refractivity contribution in [3.05, 3.63) is 33.5 Å². The molecule has 1 N–H and O–H groups in total. The molecule has 0 aromatic carbocycles. The largest absolute Gasteiger partial charge is 0.331 e. The molecule has 0 fully saturated rings. The van der Waals surface area contributed by atoms with Crippen LogP contribution in [-0.4, -0.2) is 32.2 Å². The summed E-state index contributed by atoms with van der Waals surface area (Å²) in [6.45, 7) is 4.35. The molecule has 4 rings (SSSR count). The minimum atomic E-state index is 0.00375. The summed E-state index contributed by atoms with van der Waals surface area (Å²) in [6.07, 6.45) is 4.01. The molecule has 2 aliphatic heterocycles. The molecule has 2 aromatic rings. The van der Waals surface area contributed by atoms with Crippen molar-refractivity contribution in [2.24, 2.45) is 0 Å². The van der Waals surface area contributed by atoms with Gasteiger partial charge < -0.3 is 14.8 Å². The van der Waals surface area contributed by atoms with E-state index in [9.17, 15) is 4.79 Å². The average Bonchev–Trinajstić information content (AvgIpc) is 3.27. The van der Waals surface area contributed by atoms with Crippen LogP contribution in [0, 0.1) is 0 Å². The normalized spacial score (nSPS) is 19.5. The lowest BCUT2D eigenvalue weighted by Crippen LogP contribution is -2.45. The first-order valence-electron chi connectivity index (χ1n) is 8.29. The first kappa shape index (κ1) is 14.7. The molecule has 0 radical (unpaired) electrons. The summed E-state index contributed by atoms with van der Waals surface area (Å²) in [5, 5.41) is 13.6. The molecule has 0 aliphatic carbocycles. The van der Waals surface area contributed by atoms with Crippen LogP contribution in [0.1, 0.15) is 47.9 Å². The van der Waals surface area contributed by atoms with E-state index in [2.05, 4.69) is 38.5 Å². The van der Waals surface area contributed by atoms with E-state index in [4.69, 9.17) is 0 Å². The van der Waals surface area contributed by atoms with Crippen LogP contribution in [0.15, 0.2) is 11.4 Å². The monoisotopic (exact) mass is 331 g/mol. The van der Waals surface area contributed by atoms with Crippen LogP contribution >= 0.6 is 11.3 Å². The zero-order valence-corrected chi connectivity index (χ0v) is 14.1. The second kappa shape index (κ2) is 5.96. The van der Waals surface area contributed by atoms with Gasteiger partial charge in [-0.25, -0.2) is 4.79 Å². The van der Waals surface area contributed by atoms with E-state index in [0.29, 0.717) is 6.54 Å². The van der Waals surface area contributed by atoms with Gasteiger partial charge in [0.25, 0.3) is 0 Å². The fraction of sp³-hybridized carbons (Fsp3) is 0.562. The number of aryl methyl sites for hydroxylation is 1. The lowest BCUT2D eigenvalue weighted by molar-refractivity contribution is 0.167. The summed E-state index contributed by atoms with van der Waals surface area (Å²) in [4.78, 5) is 16.1. The Morgan fingerprint density at radius 2 is 2.30 bits per heavy atom. The molecule has 4 heterocycles. The number of nitrogens with zero attached hydrogens (tertiary/aromatic N) is 4. The van der Waals surface area contributed by atoms with Crippen molar-refractivity contribution < 1.29 is 4.79 Å². The topological polar surface area (TPSA) is 63.1 Å². The molecule has 6 nitrogen and oxygen atoms in total. The molecule has 1 atom stereocenters. The van der Waals surface area contributed by atoms with Gasteiger partial charge in [0.05, 0.1) is 12.6 Å². The smallest absolute Gasteiger partial charge is 0.318 e. The van der Waals surface area contributed by atoms with E-state index >= 15 is 0 Å². The zero-order valence-electron chi connectivity index (χ0n) is 13.3. The molecule has 7 heteroatoms. The maximum absolute atomic E-state index is 12.7. The molecule has 0 spiro atoms. The fourth-order valence-corrected chi connectivity index (χ4v) is 4.61. The fourth-order valence-electron chi connectivity index (χ4n) is 3.68. The van der Waals surface area contributed by atoms with Gasteiger partial charge in [-0.15, -0.1) is 21.5 Å². The number of urea groups is 1. The maximum Gasteiger partial charge on any atom is 0.318 e. The first-order chi connectivity index (χ1) is 11.3. The molecular formula is C16H21N5OS. The van der Waals surface area contributed by atoms with E-state index < -0.39 is 0 Å². The molecule has 0 bridgehead atoms. The van der Waals surface area contributed by atoms with Gasteiger partial charge in [-0.3, -0.25) is 0 Å². The number of hydrogen-bond acceptors (Lipinski definition) is 4. The van der Waals surface area contributed by atoms with Crippen molar-refractivity contribution >= 4 is 17.4 Å². The molecule has 122 valence electrons. The highest BCUT2D eigenvalue weighted by molar-refractivity contribution is 7.10. The minimum absolute atomic E-state index is 0.00375. The van der Waals surface area contributed by atoms with Crippen LogP contribution in [0.5, 0.6) is 0 Å². The molecule has 0 saturated heterocycles. The third kappa shape index (κ3) is 2.52. The summed E-state index contributed by atoms with van der Waals surface area (Å²) in [6, 6.07) is 2.36. The Morgan fingerprint density at radius 1 is 1.39 bits per heavy atom. The quantitative estimate of drug-likeness (QED) is 0.940. The van der Waals surface area contributed by atoms with Gasteiger partial charge >= 0.3 is 6.03 Å². The van der Waals surface area contributed by atoms with Crippen molar-refractivity contribution in [2.75, 3.05) is 6.54 Å². The number of carbonyl (C=O) groups is 1. The predicted octanol–water partition coefficient (Wildman–Crippen LogP) is 2.50. The Balaban J connectivity index is 1.44. The molecule has 2 aliphatic rings.